The van der Waals surface area contributed by atoms with Crippen LogP contribution in [0.4, 0.5) is 0 Å². The Morgan fingerprint density at radius 2 is 1.81 bits per heavy atom. The quantitative estimate of drug-likeness (QED) is 0.720. The highest BCUT2D eigenvalue weighted by molar-refractivity contribution is 6.30. The molecule has 0 saturated heterocycles. The molecule has 112 valence electrons. The van der Waals surface area contributed by atoms with Crippen molar-refractivity contribution in [1.29, 1.82) is 0 Å². The van der Waals surface area contributed by atoms with E-state index in [4.69, 9.17) is 16.3 Å². The Morgan fingerprint density at radius 1 is 1.05 bits per heavy atom. The van der Waals surface area contributed by atoms with Crippen molar-refractivity contribution >= 4 is 11.6 Å². The first-order valence-electron chi connectivity index (χ1n) is 7.49. The first-order chi connectivity index (χ1) is 10.2. The summed E-state index contributed by atoms with van der Waals surface area (Å²) in [6.45, 7) is 5.42. The predicted molar refractivity (Wildman–Crippen MR) is 89.3 cm³/mol. The molecule has 0 radical (unpaired) electrons. The van der Waals surface area contributed by atoms with Crippen LogP contribution < -0.4 is 10.1 Å². The molecule has 0 aliphatic carbocycles. The van der Waals surface area contributed by atoms with Crippen LogP contribution in [-0.4, -0.2) is 6.54 Å². The average molecular weight is 304 g/mol. The monoisotopic (exact) mass is 303 g/mol. The van der Waals surface area contributed by atoms with E-state index in [2.05, 4.69) is 31.3 Å². The molecule has 1 N–H and O–H groups in total. The first-order valence-corrected chi connectivity index (χ1v) is 7.87. The van der Waals surface area contributed by atoms with Crippen LogP contribution >= 0.6 is 11.6 Å². The molecule has 0 aliphatic heterocycles. The van der Waals surface area contributed by atoms with Gasteiger partial charge in [-0.05, 0) is 55.3 Å². The van der Waals surface area contributed by atoms with E-state index in [0.717, 1.165) is 30.9 Å². The number of ether oxygens (including phenoxy) is 1. The summed E-state index contributed by atoms with van der Waals surface area (Å²) in [6, 6.07) is 16.1. The van der Waals surface area contributed by atoms with Gasteiger partial charge in [0.05, 0.1) is 0 Å². The lowest BCUT2D eigenvalue weighted by atomic mass is 10.0. The van der Waals surface area contributed by atoms with Gasteiger partial charge in [-0.3, -0.25) is 0 Å². The van der Waals surface area contributed by atoms with Crippen molar-refractivity contribution in [3.63, 3.8) is 0 Å². The van der Waals surface area contributed by atoms with E-state index < -0.39 is 0 Å². The SMILES string of the molecule is CCCNC(CC)c1ccc(Oc2cccc(Cl)c2)cc1. The third-order valence-electron chi connectivity index (χ3n) is 3.36. The van der Waals surface area contributed by atoms with Crippen molar-refractivity contribution < 1.29 is 4.74 Å². The zero-order chi connectivity index (χ0) is 15.1. The smallest absolute Gasteiger partial charge is 0.128 e. The van der Waals surface area contributed by atoms with Crippen molar-refractivity contribution in [3.05, 3.63) is 59.1 Å². The van der Waals surface area contributed by atoms with E-state index >= 15 is 0 Å². The Kier molecular flexibility index (Phi) is 6.09. The molecule has 0 saturated carbocycles. The molecule has 0 fully saturated rings. The van der Waals surface area contributed by atoms with E-state index in [-0.39, 0.29) is 0 Å². The summed E-state index contributed by atoms with van der Waals surface area (Å²) in [6.07, 6.45) is 2.22. The molecule has 21 heavy (non-hydrogen) atoms. The Hall–Kier alpha value is -1.51. The van der Waals surface area contributed by atoms with Crippen LogP contribution in [0.1, 0.15) is 38.3 Å². The van der Waals surface area contributed by atoms with Gasteiger partial charge in [-0.15, -0.1) is 0 Å². The minimum Gasteiger partial charge on any atom is -0.457 e. The Morgan fingerprint density at radius 3 is 2.43 bits per heavy atom. The van der Waals surface area contributed by atoms with Gasteiger partial charge >= 0.3 is 0 Å². The molecule has 2 nitrogen and oxygen atoms in total. The number of nitrogens with one attached hydrogen (secondary N) is 1. The van der Waals surface area contributed by atoms with Crippen LogP contribution in [0.25, 0.3) is 0 Å². The molecule has 1 unspecified atom stereocenters. The minimum absolute atomic E-state index is 0.408. The highest BCUT2D eigenvalue weighted by Gasteiger charge is 2.08. The highest BCUT2D eigenvalue weighted by Crippen LogP contribution is 2.26. The molecule has 1 atom stereocenters. The number of rotatable bonds is 7. The van der Waals surface area contributed by atoms with E-state index in [9.17, 15) is 0 Å². The van der Waals surface area contributed by atoms with Crippen molar-refractivity contribution in [2.75, 3.05) is 6.54 Å². The first kappa shape index (κ1) is 15.9. The minimum atomic E-state index is 0.408. The average Bonchev–Trinajstić information content (AvgIpc) is 2.49. The van der Waals surface area contributed by atoms with Crippen molar-refractivity contribution in [3.8, 4) is 11.5 Å². The molecule has 0 bridgehead atoms. The van der Waals surface area contributed by atoms with Gasteiger partial charge in [-0.2, -0.15) is 0 Å². The molecular formula is C18H22ClNO. The number of halogens is 1. The molecule has 2 aromatic carbocycles. The second-order valence-corrected chi connectivity index (χ2v) is 5.48. The van der Waals surface area contributed by atoms with E-state index in [1.54, 1.807) is 0 Å². The lowest BCUT2D eigenvalue weighted by Crippen LogP contribution is -2.21. The summed E-state index contributed by atoms with van der Waals surface area (Å²) in [7, 11) is 0. The zero-order valence-electron chi connectivity index (χ0n) is 12.6. The van der Waals surface area contributed by atoms with Crippen LogP contribution in [0.2, 0.25) is 5.02 Å². The molecule has 0 amide bonds. The van der Waals surface area contributed by atoms with Gasteiger partial charge in [-0.25, -0.2) is 0 Å². The fourth-order valence-electron chi connectivity index (χ4n) is 2.25. The normalized spacial score (nSPS) is 12.1. The van der Waals surface area contributed by atoms with Crippen LogP contribution in [0.15, 0.2) is 48.5 Å². The van der Waals surface area contributed by atoms with Crippen LogP contribution in [-0.2, 0) is 0 Å². The van der Waals surface area contributed by atoms with E-state index in [1.165, 1.54) is 5.56 Å². The largest absolute Gasteiger partial charge is 0.457 e. The van der Waals surface area contributed by atoms with Gasteiger partial charge in [0.2, 0.25) is 0 Å². The van der Waals surface area contributed by atoms with E-state index in [0.29, 0.717) is 11.1 Å². The van der Waals surface area contributed by atoms with E-state index in [1.807, 2.05) is 36.4 Å². The predicted octanol–water partition coefficient (Wildman–Crippen LogP) is 5.58. The molecule has 0 heterocycles. The summed E-state index contributed by atoms with van der Waals surface area (Å²) in [4.78, 5) is 0. The molecule has 3 heteroatoms. The van der Waals surface area contributed by atoms with Gasteiger partial charge in [0.1, 0.15) is 11.5 Å². The molecular weight excluding hydrogens is 282 g/mol. The lowest BCUT2D eigenvalue weighted by molar-refractivity contribution is 0.480. The fraction of sp³-hybridized carbons (Fsp3) is 0.333. The topological polar surface area (TPSA) is 21.3 Å². The second kappa shape index (κ2) is 8.06. The number of benzene rings is 2. The maximum absolute atomic E-state index is 5.96. The third-order valence-corrected chi connectivity index (χ3v) is 3.60. The van der Waals surface area contributed by atoms with Crippen LogP contribution in [0, 0.1) is 0 Å². The maximum atomic E-state index is 5.96. The van der Waals surface area contributed by atoms with Gasteiger partial charge in [0.25, 0.3) is 0 Å². The van der Waals surface area contributed by atoms with Gasteiger partial charge < -0.3 is 10.1 Å². The molecule has 0 aromatic heterocycles. The summed E-state index contributed by atoms with van der Waals surface area (Å²) >= 11 is 5.96. The summed E-state index contributed by atoms with van der Waals surface area (Å²) < 4.78 is 5.80. The number of hydrogen-bond donors (Lipinski definition) is 1. The maximum Gasteiger partial charge on any atom is 0.128 e. The van der Waals surface area contributed by atoms with Crippen LogP contribution in [0.5, 0.6) is 11.5 Å². The highest BCUT2D eigenvalue weighted by atomic mass is 35.5. The van der Waals surface area contributed by atoms with Gasteiger partial charge in [0.15, 0.2) is 0 Å². The Labute approximate surface area is 132 Å². The summed E-state index contributed by atoms with van der Waals surface area (Å²) in [5.74, 6) is 1.58. The van der Waals surface area contributed by atoms with Gasteiger partial charge in [-0.1, -0.05) is 43.6 Å². The standard InChI is InChI=1S/C18H22ClNO/c1-3-12-20-18(4-2)14-8-10-16(11-9-14)21-17-7-5-6-15(19)13-17/h5-11,13,18,20H,3-4,12H2,1-2H3. The molecule has 0 aliphatic rings. The van der Waals surface area contributed by atoms with Crippen molar-refractivity contribution in [2.45, 2.75) is 32.7 Å². The Bertz CT molecular complexity index is 553. The van der Waals surface area contributed by atoms with Crippen molar-refractivity contribution in [1.82, 2.24) is 5.32 Å². The Balaban J connectivity index is 2.04. The molecule has 2 aromatic rings. The lowest BCUT2D eigenvalue weighted by Gasteiger charge is -2.17. The van der Waals surface area contributed by atoms with Crippen molar-refractivity contribution in [2.24, 2.45) is 0 Å². The fourth-order valence-corrected chi connectivity index (χ4v) is 2.43. The van der Waals surface area contributed by atoms with Gasteiger partial charge in [0, 0.05) is 11.1 Å². The molecule has 2 rings (SSSR count). The third kappa shape index (κ3) is 4.76. The summed E-state index contributed by atoms with van der Waals surface area (Å²) in [5.41, 5.74) is 1.30. The number of hydrogen-bond acceptors (Lipinski definition) is 2. The van der Waals surface area contributed by atoms with Crippen LogP contribution in [0.3, 0.4) is 0 Å². The zero-order valence-corrected chi connectivity index (χ0v) is 13.4. The molecule has 0 spiro atoms. The summed E-state index contributed by atoms with van der Waals surface area (Å²) in [5, 5.41) is 4.23. The second-order valence-electron chi connectivity index (χ2n) is 5.04.